The molecule has 1 aromatic rings. The van der Waals surface area contributed by atoms with E-state index in [4.69, 9.17) is 16.7 Å². The molecule has 0 aliphatic heterocycles. The maximum absolute atomic E-state index is 11.9. The zero-order valence-corrected chi connectivity index (χ0v) is 11.2. The highest BCUT2D eigenvalue weighted by atomic mass is 35.5. The van der Waals surface area contributed by atoms with Crippen molar-refractivity contribution in [3.63, 3.8) is 0 Å². The molecular weight excluding hydrogens is 256 g/mol. The molecule has 2 N–H and O–H groups in total. The Morgan fingerprint density at radius 2 is 2.00 bits per heavy atom. The van der Waals surface area contributed by atoms with Gasteiger partial charge in [0.05, 0.1) is 0 Å². The number of nitrogens with one attached hydrogen (secondary N) is 1. The van der Waals surface area contributed by atoms with Crippen LogP contribution in [0.25, 0.3) is 0 Å². The van der Waals surface area contributed by atoms with Gasteiger partial charge in [-0.2, -0.15) is 0 Å². The number of amides is 1. The summed E-state index contributed by atoms with van der Waals surface area (Å²) in [6, 6.07) is 2.04. The van der Waals surface area contributed by atoms with Crippen molar-refractivity contribution in [1.29, 1.82) is 0 Å². The Kier molecular flexibility index (Phi) is 4.67. The van der Waals surface area contributed by atoms with E-state index in [9.17, 15) is 9.59 Å². The lowest BCUT2D eigenvalue weighted by atomic mass is 10.0. The molecule has 1 rings (SSSR count). The van der Waals surface area contributed by atoms with E-state index in [1.807, 2.05) is 0 Å². The van der Waals surface area contributed by atoms with E-state index in [1.54, 1.807) is 26.8 Å². The highest BCUT2D eigenvalue weighted by molar-refractivity contribution is 6.29. The van der Waals surface area contributed by atoms with E-state index in [0.717, 1.165) is 0 Å². The van der Waals surface area contributed by atoms with E-state index in [-0.39, 0.29) is 11.1 Å². The van der Waals surface area contributed by atoms with Crippen LogP contribution in [0.15, 0.2) is 12.1 Å². The summed E-state index contributed by atoms with van der Waals surface area (Å²) in [5.41, 5.74) is 0.906. The first-order valence-corrected chi connectivity index (χ1v) is 5.87. The van der Waals surface area contributed by atoms with Crippen LogP contribution in [0, 0.1) is 12.8 Å². The zero-order chi connectivity index (χ0) is 13.9. The summed E-state index contributed by atoms with van der Waals surface area (Å²) in [6.07, 6.45) is 0. The number of aryl methyl sites for hydroxylation is 1. The average molecular weight is 271 g/mol. The van der Waals surface area contributed by atoms with Crippen molar-refractivity contribution in [1.82, 2.24) is 10.3 Å². The van der Waals surface area contributed by atoms with E-state index < -0.39 is 17.9 Å². The molecule has 98 valence electrons. The smallest absolute Gasteiger partial charge is 0.326 e. The lowest BCUT2D eigenvalue weighted by Crippen LogP contribution is -2.44. The van der Waals surface area contributed by atoms with Crippen LogP contribution in [0.5, 0.6) is 0 Å². The lowest BCUT2D eigenvalue weighted by molar-refractivity contribution is -0.140. The number of aliphatic carboxylic acids is 1. The molecule has 6 heteroatoms. The second-order valence-electron chi connectivity index (χ2n) is 4.35. The monoisotopic (exact) mass is 270 g/mol. The molecule has 1 amide bonds. The number of pyridine rings is 1. The van der Waals surface area contributed by atoms with Gasteiger partial charge < -0.3 is 10.4 Å². The van der Waals surface area contributed by atoms with Crippen molar-refractivity contribution < 1.29 is 14.7 Å². The van der Waals surface area contributed by atoms with Crippen molar-refractivity contribution in [3.05, 3.63) is 28.5 Å². The average Bonchev–Trinajstić information content (AvgIpc) is 2.23. The molecule has 1 aromatic heterocycles. The van der Waals surface area contributed by atoms with E-state index in [2.05, 4.69) is 10.3 Å². The number of hydrogen-bond acceptors (Lipinski definition) is 3. The van der Waals surface area contributed by atoms with E-state index in [1.165, 1.54) is 6.07 Å². The van der Waals surface area contributed by atoms with Gasteiger partial charge in [-0.15, -0.1) is 0 Å². The van der Waals surface area contributed by atoms with Crippen molar-refractivity contribution in [2.45, 2.75) is 26.8 Å². The predicted octanol–water partition coefficient (Wildman–Crippen LogP) is 1.88. The molecule has 0 aliphatic rings. The van der Waals surface area contributed by atoms with Crippen molar-refractivity contribution in [2.24, 2.45) is 5.92 Å². The number of carbonyl (C=O) groups is 2. The molecule has 0 saturated carbocycles. The normalized spacial score (nSPS) is 12.3. The molecule has 1 unspecified atom stereocenters. The van der Waals surface area contributed by atoms with Crippen LogP contribution in [0.2, 0.25) is 5.15 Å². The third-order valence-corrected chi connectivity index (χ3v) is 2.60. The molecule has 0 bridgehead atoms. The third-order valence-electron chi connectivity index (χ3n) is 2.40. The van der Waals surface area contributed by atoms with Gasteiger partial charge in [-0.1, -0.05) is 25.4 Å². The number of carboxylic acid groups (broad SMARTS) is 1. The van der Waals surface area contributed by atoms with Gasteiger partial charge in [-0.05, 0) is 25.0 Å². The maximum atomic E-state index is 11.9. The van der Waals surface area contributed by atoms with E-state index >= 15 is 0 Å². The van der Waals surface area contributed by atoms with Gasteiger partial charge in [-0.3, -0.25) is 4.79 Å². The van der Waals surface area contributed by atoms with Crippen LogP contribution < -0.4 is 5.32 Å². The molecule has 0 radical (unpaired) electrons. The van der Waals surface area contributed by atoms with Crippen LogP contribution in [0.3, 0.4) is 0 Å². The number of halogens is 1. The second kappa shape index (κ2) is 5.82. The van der Waals surface area contributed by atoms with Gasteiger partial charge in [0.2, 0.25) is 0 Å². The Labute approximate surface area is 110 Å². The Balaban J connectivity index is 2.90. The minimum Gasteiger partial charge on any atom is -0.480 e. The summed E-state index contributed by atoms with van der Waals surface area (Å²) in [5.74, 6) is -1.73. The fourth-order valence-electron chi connectivity index (χ4n) is 1.50. The lowest BCUT2D eigenvalue weighted by Gasteiger charge is -2.18. The molecule has 0 fully saturated rings. The molecule has 1 atom stereocenters. The Morgan fingerprint density at radius 1 is 1.39 bits per heavy atom. The number of rotatable bonds is 4. The molecule has 5 nitrogen and oxygen atoms in total. The van der Waals surface area contributed by atoms with Crippen molar-refractivity contribution in [3.8, 4) is 0 Å². The summed E-state index contributed by atoms with van der Waals surface area (Å²) >= 11 is 5.75. The number of nitrogens with zero attached hydrogens (tertiary/aromatic N) is 1. The predicted molar refractivity (Wildman–Crippen MR) is 67.7 cm³/mol. The first-order valence-electron chi connectivity index (χ1n) is 5.49. The van der Waals surface area contributed by atoms with Gasteiger partial charge in [0.25, 0.3) is 5.91 Å². The largest absolute Gasteiger partial charge is 0.480 e. The highest BCUT2D eigenvalue weighted by Gasteiger charge is 2.24. The number of carbonyl (C=O) groups excluding carboxylic acids is 1. The summed E-state index contributed by atoms with van der Waals surface area (Å²) in [6.45, 7) is 5.16. The molecule has 0 aliphatic carbocycles. The first-order chi connectivity index (χ1) is 8.31. The minimum atomic E-state index is -1.06. The number of hydrogen-bond donors (Lipinski definition) is 2. The van der Waals surface area contributed by atoms with Crippen LogP contribution in [-0.4, -0.2) is 28.0 Å². The minimum absolute atomic E-state index is 0.204. The van der Waals surface area contributed by atoms with E-state index in [0.29, 0.717) is 11.3 Å². The second-order valence-corrected chi connectivity index (χ2v) is 4.74. The quantitative estimate of drug-likeness (QED) is 0.819. The summed E-state index contributed by atoms with van der Waals surface area (Å²) in [4.78, 5) is 26.8. The number of aromatic nitrogens is 1. The fraction of sp³-hybridized carbons (Fsp3) is 0.417. The van der Waals surface area contributed by atoms with Gasteiger partial charge >= 0.3 is 5.97 Å². The van der Waals surface area contributed by atoms with Gasteiger partial charge in [0, 0.05) is 11.3 Å². The standard InChI is InChI=1S/C12H15ClN2O3/c1-6(2)10(12(17)18)15-11(16)8-4-7(3)14-9(13)5-8/h4-6,10H,1-3H3,(H,15,16)(H,17,18). The summed E-state index contributed by atoms with van der Waals surface area (Å²) in [7, 11) is 0. The maximum Gasteiger partial charge on any atom is 0.326 e. The Hall–Kier alpha value is -1.62. The topological polar surface area (TPSA) is 79.3 Å². The van der Waals surface area contributed by atoms with Crippen molar-refractivity contribution in [2.75, 3.05) is 0 Å². The fourth-order valence-corrected chi connectivity index (χ4v) is 1.75. The Bertz CT molecular complexity index is 454. The van der Waals surface area contributed by atoms with Crippen molar-refractivity contribution >= 4 is 23.5 Å². The SMILES string of the molecule is Cc1cc(C(=O)NC(C(=O)O)C(C)C)cc(Cl)n1. The Morgan fingerprint density at radius 3 is 2.44 bits per heavy atom. The van der Waals surface area contributed by atoms with Crippen LogP contribution in [0.4, 0.5) is 0 Å². The van der Waals surface area contributed by atoms with Gasteiger partial charge in [0.15, 0.2) is 0 Å². The molecule has 0 spiro atoms. The van der Waals surface area contributed by atoms with Crippen LogP contribution in [0.1, 0.15) is 29.9 Å². The summed E-state index contributed by atoms with van der Waals surface area (Å²) in [5, 5.41) is 11.7. The van der Waals surface area contributed by atoms with Crippen LogP contribution >= 0.6 is 11.6 Å². The molecule has 0 aromatic carbocycles. The highest BCUT2D eigenvalue weighted by Crippen LogP contribution is 2.11. The zero-order valence-electron chi connectivity index (χ0n) is 10.4. The molecule has 0 saturated heterocycles. The number of carboxylic acids is 1. The van der Waals surface area contributed by atoms with Gasteiger partial charge in [-0.25, -0.2) is 9.78 Å². The summed E-state index contributed by atoms with van der Waals surface area (Å²) < 4.78 is 0. The molecule has 1 heterocycles. The molecule has 18 heavy (non-hydrogen) atoms. The third kappa shape index (κ3) is 3.70. The molecular formula is C12H15ClN2O3. The first kappa shape index (κ1) is 14.4. The van der Waals surface area contributed by atoms with Gasteiger partial charge in [0.1, 0.15) is 11.2 Å². The van der Waals surface area contributed by atoms with Crippen LogP contribution in [-0.2, 0) is 4.79 Å².